The molecule has 0 saturated heterocycles. The van der Waals surface area contributed by atoms with Crippen molar-refractivity contribution in [2.45, 2.75) is 13.3 Å². The maximum Gasteiger partial charge on any atom is 0.141 e. The Labute approximate surface area is 49.2 Å². The number of aryl methyl sites for hydroxylation is 1. The molecular formula is C4H6N2S. The molecule has 0 fully saturated rings. The third-order valence-electron chi connectivity index (χ3n) is 0.585. The van der Waals surface area contributed by atoms with Crippen LogP contribution in [0.1, 0.15) is 15.5 Å². The molecule has 38 valence electrons. The highest BCUT2D eigenvalue weighted by Gasteiger charge is 1.86. The summed E-state index contributed by atoms with van der Waals surface area (Å²) in [5.41, 5.74) is 1.52. The SMILES string of the molecule is [2H]C([2H])(C)c1ncsn1. The lowest BCUT2D eigenvalue weighted by Crippen LogP contribution is -1.78. The van der Waals surface area contributed by atoms with Gasteiger partial charge in [-0.05, 0) is 11.5 Å². The van der Waals surface area contributed by atoms with E-state index in [4.69, 9.17) is 2.74 Å². The van der Waals surface area contributed by atoms with Crippen molar-refractivity contribution in [2.75, 3.05) is 0 Å². The molecule has 3 heteroatoms. The van der Waals surface area contributed by atoms with Gasteiger partial charge in [0.2, 0.25) is 0 Å². The minimum atomic E-state index is -1.39. The molecule has 7 heavy (non-hydrogen) atoms. The molecule has 0 atom stereocenters. The van der Waals surface area contributed by atoms with E-state index >= 15 is 0 Å². The van der Waals surface area contributed by atoms with Crippen molar-refractivity contribution in [3.8, 4) is 0 Å². The molecule has 0 aliphatic heterocycles. The van der Waals surface area contributed by atoms with E-state index in [1.54, 1.807) is 0 Å². The Balaban J connectivity index is 2.90. The number of hydrogen-bond donors (Lipinski definition) is 0. The lowest BCUT2D eigenvalue weighted by molar-refractivity contribution is 0.999. The molecule has 0 unspecified atom stereocenters. The molecule has 1 rings (SSSR count). The van der Waals surface area contributed by atoms with Crippen LogP contribution in [0.2, 0.25) is 0 Å². The molecule has 1 heterocycles. The first-order valence-electron chi connectivity index (χ1n) is 2.87. The molecule has 2 nitrogen and oxygen atoms in total. The van der Waals surface area contributed by atoms with Crippen LogP contribution in [0.4, 0.5) is 0 Å². The van der Waals surface area contributed by atoms with Crippen molar-refractivity contribution in [2.24, 2.45) is 0 Å². The standard InChI is InChI=1S/C4H6N2S/c1-2-4-5-3-7-6-4/h3H,2H2,1H3/i2D2. The van der Waals surface area contributed by atoms with Gasteiger partial charge >= 0.3 is 0 Å². The first-order valence-corrected chi connectivity index (χ1v) is 2.71. The maximum absolute atomic E-state index is 7.14. The average Bonchev–Trinajstić information content (AvgIpc) is 2.08. The molecule has 0 aliphatic carbocycles. The number of rotatable bonds is 1. The predicted molar refractivity (Wildman–Crippen MR) is 29.3 cm³/mol. The Kier molecular flexibility index (Phi) is 0.800. The first kappa shape index (κ1) is 2.77. The van der Waals surface area contributed by atoms with E-state index < -0.39 is 6.37 Å². The van der Waals surface area contributed by atoms with E-state index in [2.05, 4.69) is 9.36 Å². The second-order valence-corrected chi connectivity index (χ2v) is 1.61. The molecule has 1 aromatic rings. The summed E-state index contributed by atoms with van der Waals surface area (Å²) in [6.45, 7) is 1.44. The fourth-order valence-corrected chi connectivity index (χ4v) is 0.713. The van der Waals surface area contributed by atoms with Crippen molar-refractivity contribution in [3.63, 3.8) is 0 Å². The Morgan fingerprint density at radius 2 is 3.00 bits per heavy atom. The van der Waals surface area contributed by atoms with E-state index in [1.165, 1.54) is 24.0 Å². The first-order chi connectivity index (χ1) is 4.11. The Hall–Kier alpha value is -0.440. The van der Waals surface area contributed by atoms with Gasteiger partial charge in [0.15, 0.2) is 0 Å². The van der Waals surface area contributed by atoms with Crippen LogP contribution >= 0.6 is 11.5 Å². The van der Waals surface area contributed by atoms with Crippen LogP contribution in [0, 0.1) is 0 Å². The summed E-state index contributed by atoms with van der Waals surface area (Å²) >= 11 is 1.17. The average molecular weight is 116 g/mol. The quantitative estimate of drug-likeness (QED) is 0.549. The molecule has 0 radical (unpaired) electrons. The van der Waals surface area contributed by atoms with Crippen molar-refractivity contribution < 1.29 is 2.74 Å². The normalized spacial score (nSPS) is 15.6. The monoisotopic (exact) mass is 116 g/mol. The minimum absolute atomic E-state index is 0.271. The van der Waals surface area contributed by atoms with Gasteiger partial charge in [-0.3, -0.25) is 0 Å². The number of nitrogens with zero attached hydrogens (tertiary/aromatic N) is 2. The molecule has 0 bridgehead atoms. The van der Waals surface area contributed by atoms with Gasteiger partial charge in [0.05, 0.1) is 0 Å². The highest BCUT2D eigenvalue weighted by atomic mass is 32.1. The van der Waals surface area contributed by atoms with Crippen LogP contribution in [0.15, 0.2) is 5.51 Å². The van der Waals surface area contributed by atoms with E-state index in [1.807, 2.05) is 0 Å². The van der Waals surface area contributed by atoms with Gasteiger partial charge in [0.1, 0.15) is 11.3 Å². The van der Waals surface area contributed by atoms with Crippen LogP contribution in [-0.2, 0) is 6.37 Å². The van der Waals surface area contributed by atoms with Gasteiger partial charge in [-0.2, -0.15) is 4.37 Å². The number of aromatic nitrogens is 2. The lowest BCUT2D eigenvalue weighted by atomic mass is 10.5. The Morgan fingerprint density at radius 1 is 2.14 bits per heavy atom. The van der Waals surface area contributed by atoms with Crippen LogP contribution in [0.25, 0.3) is 0 Å². The number of hydrogen-bond acceptors (Lipinski definition) is 3. The largest absolute Gasteiger partial charge is 0.228 e. The summed E-state index contributed by atoms with van der Waals surface area (Å²) < 4.78 is 18.0. The topological polar surface area (TPSA) is 25.8 Å². The highest BCUT2D eigenvalue weighted by Crippen LogP contribution is 1.92. The smallest absolute Gasteiger partial charge is 0.141 e. The predicted octanol–water partition coefficient (Wildman–Crippen LogP) is 1.10. The van der Waals surface area contributed by atoms with Gasteiger partial charge in [0, 0.05) is 9.11 Å². The summed E-state index contributed by atoms with van der Waals surface area (Å²) in [4.78, 5) is 3.72. The van der Waals surface area contributed by atoms with Crippen molar-refractivity contribution >= 4 is 11.5 Å². The molecule has 0 N–H and O–H groups in total. The molecule has 0 aromatic carbocycles. The lowest BCUT2D eigenvalue weighted by Gasteiger charge is -1.75. The summed E-state index contributed by atoms with van der Waals surface area (Å²) in [7, 11) is 0. The maximum atomic E-state index is 7.14. The van der Waals surface area contributed by atoms with Gasteiger partial charge in [-0.15, -0.1) is 0 Å². The molecule has 1 aromatic heterocycles. The third kappa shape index (κ3) is 0.962. The molecule has 0 amide bonds. The zero-order valence-corrected chi connectivity index (χ0v) is 4.70. The Morgan fingerprint density at radius 3 is 3.29 bits per heavy atom. The summed E-state index contributed by atoms with van der Waals surface area (Å²) in [6.07, 6.45) is -1.39. The van der Waals surface area contributed by atoms with Gasteiger partial charge in [-0.25, -0.2) is 4.98 Å². The van der Waals surface area contributed by atoms with E-state index in [9.17, 15) is 0 Å². The zero-order valence-electron chi connectivity index (χ0n) is 5.88. The van der Waals surface area contributed by atoms with Gasteiger partial charge in [0.25, 0.3) is 0 Å². The van der Waals surface area contributed by atoms with Crippen molar-refractivity contribution in [1.29, 1.82) is 0 Å². The molecular weight excluding hydrogens is 108 g/mol. The third-order valence-corrected chi connectivity index (χ3v) is 1.06. The highest BCUT2D eigenvalue weighted by molar-refractivity contribution is 7.03. The van der Waals surface area contributed by atoms with Crippen molar-refractivity contribution in [3.05, 3.63) is 11.3 Å². The molecule has 0 aliphatic rings. The summed E-state index contributed by atoms with van der Waals surface area (Å²) in [5, 5.41) is 0. The summed E-state index contributed by atoms with van der Waals surface area (Å²) in [5.74, 6) is 0.271. The van der Waals surface area contributed by atoms with E-state index in [-0.39, 0.29) is 5.82 Å². The van der Waals surface area contributed by atoms with E-state index in [0.29, 0.717) is 0 Å². The summed E-state index contributed by atoms with van der Waals surface area (Å²) in [6, 6.07) is 0. The van der Waals surface area contributed by atoms with Crippen LogP contribution in [-0.4, -0.2) is 9.36 Å². The van der Waals surface area contributed by atoms with Crippen molar-refractivity contribution in [1.82, 2.24) is 9.36 Å². The second-order valence-electron chi connectivity index (χ2n) is 1.00. The zero-order chi connectivity index (χ0) is 6.91. The van der Waals surface area contributed by atoms with Gasteiger partial charge in [-0.1, -0.05) is 6.92 Å². The van der Waals surface area contributed by atoms with Crippen LogP contribution in [0.3, 0.4) is 0 Å². The minimum Gasteiger partial charge on any atom is -0.228 e. The second kappa shape index (κ2) is 2.02. The van der Waals surface area contributed by atoms with E-state index in [0.717, 1.165) is 0 Å². The molecule has 0 saturated carbocycles. The molecule has 0 spiro atoms. The van der Waals surface area contributed by atoms with Crippen LogP contribution < -0.4 is 0 Å². The Bertz CT molecular complexity index is 179. The fraction of sp³-hybridized carbons (Fsp3) is 0.500. The van der Waals surface area contributed by atoms with Gasteiger partial charge < -0.3 is 0 Å². The van der Waals surface area contributed by atoms with Crippen LogP contribution in [0.5, 0.6) is 0 Å². The fourth-order valence-electron chi connectivity index (χ4n) is 0.281.